The van der Waals surface area contributed by atoms with Gasteiger partial charge in [-0.25, -0.2) is 4.98 Å². The van der Waals surface area contributed by atoms with Gasteiger partial charge in [-0.05, 0) is 19.1 Å². The van der Waals surface area contributed by atoms with Crippen molar-refractivity contribution in [3.05, 3.63) is 23.2 Å². The molecule has 2 aromatic rings. The van der Waals surface area contributed by atoms with E-state index >= 15 is 0 Å². The van der Waals surface area contributed by atoms with E-state index in [4.69, 9.17) is 18.9 Å². The average molecular weight is 440 g/mol. The van der Waals surface area contributed by atoms with Gasteiger partial charge in [0.05, 0.1) is 15.2 Å². The van der Waals surface area contributed by atoms with Gasteiger partial charge in [0.15, 0.2) is 23.7 Å². The molecule has 0 amide bonds. The Morgan fingerprint density at radius 2 is 1.66 bits per heavy atom. The van der Waals surface area contributed by atoms with Crippen LogP contribution in [0.2, 0.25) is 0 Å². The van der Waals surface area contributed by atoms with E-state index in [0.717, 1.165) is 15.2 Å². The van der Waals surface area contributed by atoms with Crippen LogP contribution < -0.4 is 4.74 Å². The molecule has 0 spiro atoms. The van der Waals surface area contributed by atoms with E-state index in [1.165, 1.54) is 32.5 Å². The fourth-order valence-corrected chi connectivity index (χ4v) is 5.06. The van der Waals surface area contributed by atoms with Crippen LogP contribution in [-0.2, 0) is 28.6 Å². The van der Waals surface area contributed by atoms with E-state index in [1.807, 2.05) is 25.1 Å². The molecular weight excluding hydrogens is 418 g/mol. The minimum Gasteiger partial charge on any atom is -0.476 e. The van der Waals surface area contributed by atoms with E-state index in [-0.39, 0.29) is 0 Å². The lowest BCUT2D eigenvalue weighted by Gasteiger charge is -2.39. The fraction of sp³-hybridized carbons (Fsp3) is 0.474. The third kappa shape index (κ3) is 5.39. The predicted octanol–water partition coefficient (Wildman–Crippen LogP) is 2.85. The maximum absolute atomic E-state index is 11.7. The van der Waals surface area contributed by atoms with Crippen molar-refractivity contribution >= 4 is 51.2 Å². The summed E-state index contributed by atoms with van der Waals surface area (Å²) >= 11 is 2.90. The SMILES string of the molecule is CC(=O)O[C@@H]1[C@@H](OC(C)=O)[C@@H](Oc2ccc3sc(C)nc3c2)SC[C@H]1OC(C)=O. The molecule has 8 nitrogen and oxygen atoms in total. The van der Waals surface area contributed by atoms with Crippen LogP contribution in [0.25, 0.3) is 10.2 Å². The molecule has 3 rings (SSSR count). The Morgan fingerprint density at radius 3 is 2.31 bits per heavy atom. The Hall–Kier alpha value is -2.33. The van der Waals surface area contributed by atoms with Gasteiger partial charge in [-0.15, -0.1) is 23.1 Å². The van der Waals surface area contributed by atoms with Gasteiger partial charge in [-0.2, -0.15) is 0 Å². The van der Waals surface area contributed by atoms with Crippen molar-refractivity contribution in [3.63, 3.8) is 0 Å². The number of carbonyl (C=O) groups excluding carboxylic acids is 3. The number of aromatic nitrogens is 1. The zero-order chi connectivity index (χ0) is 21.1. The highest BCUT2D eigenvalue weighted by molar-refractivity contribution is 7.99. The zero-order valence-electron chi connectivity index (χ0n) is 16.4. The highest BCUT2D eigenvalue weighted by Crippen LogP contribution is 2.35. The summed E-state index contributed by atoms with van der Waals surface area (Å²) in [6.45, 7) is 5.69. The normalized spacial score (nSPS) is 24.0. The predicted molar refractivity (Wildman–Crippen MR) is 108 cm³/mol. The van der Waals surface area contributed by atoms with Crippen molar-refractivity contribution in [2.24, 2.45) is 0 Å². The van der Waals surface area contributed by atoms with Crippen LogP contribution in [-0.4, -0.2) is 52.4 Å². The van der Waals surface area contributed by atoms with Crippen molar-refractivity contribution in [2.75, 3.05) is 5.75 Å². The summed E-state index contributed by atoms with van der Waals surface area (Å²) in [6.07, 6.45) is -2.68. The molecule has 1 aromatic carbocycles. The molecule has 0 bridgehead atoms. The lowest BCUT2D eigenvalue weighted by Crippen LogP contribution is -2.55. The van der Waals surface area contributed by atoms with Gasteiger partial charge in [-0.1, -0.05) is 0 Å². The van der Waals surface area contributed by atoms with E-state index in [1.54, 1.807) is 11.3 Å². The molecule has 0 radical (unpaired) electrons. The van der Waals surface area contributed by atoms with Gasteiger partial charge in [0.1, 0.15) is 5.75 Å². The zero-order valence-corrected chi connectivity index (χ0v) is 18.0. The molecule has 1 saturated heterocycles. The van der Waals surface area contributed by atoms with Gasteiger partial charge >= 0.3 is 17.9 Å². The first-order chi connectivity index (χ1) is 13.7. The molecule has 1 aliphatic heterocycles. The monoisotopic (exact) mass is 439 g/mol. The topological polar surface area (TPSA) is 101 Å². The van der Waals surface area contributed by atoms with E-state index < -0.39 is 41.7 Å². The number of benzene rings is 1. The lowest BCUT2D eigenvalue weighted by atomic mass is 10.1. The molecule has 0 N–H and O–H groups in total. The third-order valence-electron chi connectivity index (χ3n) is 4.02. The van der Waals surface area contributed by atoms with Crippen LogP contribution in [0.1, 0.15) is 25.8 Å². The number of carbonyl (C=O) groups is 3. The highest BCUT2D eigenvalue weighted by Gasteiger charge is 2.47. The number of thioether (sulfide) groups is 1. The smallest absolute Gasteiger partial charge is 0.303 e. The van der Waals surface area contributed by atoms with Gasteiger partial charge in [0.25, 0.3) is 0 Å². The molecule has 2 heterocycles. The molecule has 0 unspecified atom stereocenters. The summed E-state index contributed by atoms with van der Waals surface area (Å²) in [5.41, 5.74) is 0.149. The molecule has 156 valence electrons. The first kappa shape index (κ1) is 21.4. The molecule has 1 fully saturated rings. The van der Waals surface area contributed by atoms with E-state index in [9.17, 15) is 14.4 Å². The van der Waals surface area contributed by atoms with Crippen LogP contribution in [0.3, 0.4) is 0 Å². The van der Waals surface area contributed by atoms with E-state index in [2.05, 4.69) is 4.98 Å². The molecule has 1 aliphatic rings. The van der Waals surface area contributed by atoms with Crippen LogP contribution in [0.5, 0.6) is 5.75 Å². The minimum absolute atomic E-state index is 0.317. The Labute approximate surface area is 175 Å². The number of hydrogen-bond acceptors (Lipinski definition) is 10. The number of aryl methyl sites for hydroxylation is 1. The number of nitrogens with zero attached hydrogens (tertiary/aromatic N) is 1. The third-order valence-corrected chi connectivity index (χ3v) is 6.19. The van der Waals surface area contributed by atoms with Crippen molar-refractivity contribution < 1.29 is 33.3 Å². The summed E-state index contributed by atoms with van der Waals surface area (Å²) < 4.78 is 23.2. The molecule has 0 saturated carbocycles. The number of ether oxygens (including phenoxy) is 4. The Morgan fingerprint density at radius 1 is 1.00 bits per heavy atom. The molecule has 1 aromatic heterocycles. The van der Waals surface area contributed by atoms with Gasteiger partial charge in [0, 0.05) is 32.6 Å². The first-order valence-corrected chi connectivity index (χ1v) is 10.8. The summed E-state index contributed by atoms with van der Waals surface area (Å²) in [5, 5.41) is 0.945. The Kier molecular flexibility index (Phi) is 6.63. The molecule has 29 heavy (non-hydrogen) atoms. The van der Waals surface area contributed by atoms with Crippen LogP contribution in [0, 0.1) is 6.92 Å². The quantitative estimate of drug-likeness (QED) is 0.514. The summed E-state index contributed by atoms with van der Waals surface area (Å²) in [5.74, 6) is -0.786. The minimum atomic E-state index is -0.975. The second-order valence-corrected chi connectivity index (χ2v) is 8.84. The summed E-state index contributed by atoms with van der Waals surface area (Å²) in [7, 11) is 0. The fourth-order valence-electron chi connectivity index (χ4n) is 3.04. The van der Waals surface area contributed by atoms with Gasteiger partial charge < -0.3 is 18.9 Å². The number of fused-ring (bicyclic) bond motifs is 1. The maximum Gasteiger partial charge on any atom is 0.303 e. The lowest BCUT2D eigenvalue weighted by molar-refractivity contribution is -0.186. The maximum atomic E-state index is 11.7. The molecular formula is C19H21NO7S2. The average Bonchev–Trinajstić information content (AvgIpc) is 2.98. The summed E-state index contributed by atoms with van der Waals surface area (Å²) in [4.78, 5) is 39.2. The van der Waals surface area contributed by atoms with Gasteiger partial charge in [0.2, 0.25) is 0 Å². The number of esters is 3. The number of hydrogen-bond donors (Lipinski definition) is 0. The van der Waals surface area contributed by atoms with Crippen LogP contribution in [0.15, 0.2) is 18.2 Å². The highest BCUT2D eigenvalue weighted by atomic mass is 32.2. The van der Waals surface area contributed by atoms with Crippen molar-refractivity contribution in [1.82, 2.24) is 4.98 Å². The van der Waals surface area contributed by atoms with Crippen LogP contribution >= 0.6 is 23.1 Å². The van der Waals surface area contributed by atoms with E-state index in [0.29, 0.717) is 11.5 Å². The van der Waals surface area contributed by atoms with Crippen molar-refractivity contribution in [2.45, 2.75) is 51.4 Å². The number of rotatable bonds is 5. The van der Waals surface area contributed by atoms with Gasteiger partial charge in [-0.3, -0.25) is 14.4 Å². The summed E-state index contributed by atoms with van der Waals surface area (Å²) in [6, 6.07) is 5.53. The van der Waals surface area contributed by atoms with Crippen molar-refractivity contribution in [3.8, 4) is 5.75 Å². The molecule has 10 heteroatoms. The molecule has 4 atom stereocenters. The Bertz CT molecular complexity index is 928. The Balaban J connectivity index is 1.87. The van der Waals surface area contributed by atoms with Crippen LogP contribution in [0.4, 0.5) is 0 Å². The standard InChI is InChI=1S/C19H21NO7S2/c1-9-20-14-7-13(5-6-16(14)29-9)27-19-18(26-12(4)23)17(25-11(3)22)15(8-28-19)24-10(2)21/h5-7,15,17-19H,8H2,1-4H3/t15-,17+,18-,19+/m1/s1. The second-order valence-electron chi connectivity index (χ2n) is 6.48. The number of thiazole rings is 1. The largest absolute Gasteiger partial charge is 0.476 e. The molecule has 0 aliphatic carbocycles. The van der Waals surface area contributed by atoms with Crippen molar-refractivity contribution in [1.29, 1.82) is 0 Å². The second kappa shape index (κ2) is 9.00. The first-order valence-electron chi connectivity index (χ1n) is 8.90.